The van der Waals surface area contributed by atoms with E-state index in [9.17, 15) is 4.79 Å². The Balaban J connectivity index is 1.75. The largest absolute Gasteiger partial charge is 0.481 e. The van der Waals surface area contributed by atoms with Gasteiger partial charge in [-0.05, 0) is 34.4 Å². The van der Waals surface area contributed by atoms with Gasteiger partial charge in [-0.15, -0.1) is 0 Å². The van der Waals surface area contributed by atoms with Crippen LogP contribution < -0.4 is 5.73 Å². The first kappa shape index (κ1) is 18.9. The number of carboxylic acid groups (broad SMARTS) is 1. The summed E-state index contributed by atoms with van der Waals surface area (Å²) >= 11 is 7.95. The van der Waals surface area contributed by atoms with E-state index < -0.39 is 5.97 Å². The summed E-state index contributed by atoms with van der Waals surface area (Å²) in [4.78, 5) is 23.7. The molecule has 1 aliphatic rings. The average Bonchev–Trinajstić information content (AvgIpc) is 2.65. The van der Waals surface area contributed by atoms with Crippen LogP contribution in [0.3, 0.4) is 0 Å². The molecule has 0 amide bonds. The molecule has 0 atom stereocenters. The van der Waals surface area contributed by atoms with Crippen molar-refractivity contribution in [1.29, 1.82) is 0 Å². The minimum atomic E-state index is -0.823. The molecule has 2 heterocycles. The molecule has 0 bridgehead atoms. The number of ether oxygens (including phenoxy) is 1. The number of thioether (sulfide) groups is 1. The minimum absolute atomic E-state index is 0.100. The molecular formula is C19H17ClN4O3S. The Morgan fingerprint density at radius 1 is 1.25 bits per heavy atom. The summed E-state index contributed by atoms with van der Waals surface area (Å²) in [5, 5.41) is 11.8. The van der Waals surface area contributed by atoms with E-state index in [1.54, 1.807) is 0 Å². The van der Waals surface area contributed by atoms with Crippen molar-refractivity contribution in [3.8, 4) is 11.4 Å². The number of nitrogens with two attached hydrogens (primary N) is 1. The molecule has 7 nitrogen and oxygen atoms in total. The Morgan fingerprint density at radius 3 is 2.89 bits per heavy atom. The standard InChI is InChI=1S/C19H17ClN4O3S/c20-13-7-11-9-27-8-10-3-1-4-12(15(10)11)16(13)17-22-18(21)24-19(23-17)28-6-2-5-14(25)26/h1,3-4,7H,2,5-6,8-9H2,(H,25,26)(H2,21,22,23,24). The third kappa shape index (κ3) is 3.76. The van der Waals surface area contributed by atoms with E-state index in [1.165, 1.54) is 11.8 Å². The van der Waals surface area contributed by atoms with Crippen molar-refractivity contribution in [2.24, 2.45) is 0 Å². The fourth-order valence-electron chi connectivity index (χ4n) is 3.28. The molecule has 0 aliphatic carbocycles. The maximum Gasteiger partial charge on any atom is 0.303 e. The quantitative estimate of drug-likeness (QED) is 0.459. The van der Waals surface area contributed by atoms with E-state index in [-0.39, 0.29) is 12.4 Å². The summed E-state index contributed by atoms with van der Waals surface area (Å²) in [6, 6.07) is 7.88. The molecule has 1 aromatic heterocycles. The van der Waals surface area contributed by atoms with Gasteiger partial charge in [-0.2, -0.15) is 9.97 Å². The zero-order valence-corrected chi connectivity index (χ0v) is 16.4. The predicted octanol–water partition coefficient (Wildman–Crippen LogP) is 3.91. The molecule has 0 spiro atoms. The van der Waals surface area contributed by atoms with Gasteiger partial charge in [0.05, 0.1) is 18.2 Å². The number of nitrogens with zero attached hydrogens (tertiary/aromatic N) is 3. The molecule has 0 radical (unpaired) electrons. The molecule has 0 saturated carbocycles. The van der Waals surface area contributed by atoms with Crippen molar-refractivity contribution in [2.45, 2.75) is 31.2 Å². The minimum Gasteiger partial charge on any atom is -0.481 e. The van der Waals surface area contributed by atoms with Crippen LogP contribution in [-0.4, -0.2) is 31.8 Å². The number of benzene rings is 2. The number of anilines is 1. The fraction of sp³-hybridized carbons (Fsp3) is 0.263. The van der Waals surface area contributed by atoms with Crippen molar-refractivity contribution in [3.05, 3.63) is 40.4 Å². The Kier molecular flexibility index (Phi) is 5.34. The molecule has 1 aliphatic heterocycles. The third-order valence-electron chi connectivity index (χ3n) is 4.42. The highest BCUT2D eigenvalue weighted by Gasteiger charge is 2.20. The molecule has 3 N–H and O–H groups in total. The van der Waals surface area contributed by atoms with Gasteiger partial charge in [0.2, 0.25) is 5.95 Å². The predicted molar refractivity (Wildman–Crippen MR) is 108 cm³/mol. The van der Waals surface area contributed by atoms with Gasteiger partial charge in [-0.25, -0.2) is 4.98 Å². The topological polar surface area (TPSA) is 111 Å². The lowest BCUT2D eigenvalue weighted by molar-refractivity contribution is -0.137. The van der Waals surface area contributed by atoms with Crippen molar-refractivity contribution < 1.29 is 14.6 Å². The summed E-state index contributed by atoms with van der Waals surface area (Å²) in [6.07, 6.45) is 0.617. The van der Waals surface area contributed by atoms with E-state index in [4.69, 9.17) is 27.2 Å². The lowest BCUT2D eigenvalue weighted by Gasteiger charge is -2.20. The van der Waals surface area contributed by atoms with Crippen LogP contribution in [0, 0.1) is 0 Å². The highest BCUT2D eigenvalue weighted by atomic mass is 35.5. The normalized spacial score (nSPS) is 13.0. The van der Waals surface area contributed by atoms with Crippen LogP contribution in [0.25, 0.3) is 22.2 Å². The number of hydrogen-bond donors (Lipinski definition) is 2. The van der Waals surface area contributed by atoms with Gasteiger partial charge < -0.3 is 15.6 Å². The summed E-state index contributed by atoms with van der Waals surface area (Å²) in [7, 11) is 0. The molecule has 144 valence electrons. The first-order valence-corrected chi connectivity index (χ1v) is 10.1. The lowest BCUT2D eigenvalue weighted by Crippen LogP contribution is -2.07. The number of hydrogen-bond acceptors (Lipinski definition) is 7. The molecule has 28 heavy (non-hydrogen) atoms. The first-order valence-electron chi connectivity index (χ1n) is 8.70. The number of aliphatic carboxylic acids is 1. The van der Waals surface area contributed by atoms with E-state index in [0.29, 0.717) is 47.0 Å². The molecule has 2 aromatic carbocycles. The fourth-order valence-corrected chi connectivity index (χ4v) is 4.38. The van der Waals surface area contributed by atoms with Crippen LogP contribution in [-0.2, 0) is 22.7 Å². The maximum absolute atomic E-state index is 10.7. The van der Waals surface area contributed by atoms with Crippen LogP contribution in [0.2, 0.25) is 5.02 Å². The number of nitrogen functional groups attached to an aromatic ring is 1. The Morgan fingerprint density at radius 2 is 2.07 bits per heavy atom. The molecule has 3 aromatic rings. The zero-order valence-electron chi connectivity index (χ0n) is 14.8. The summed E-state index contributed by atoms with van der Waals surface area (Å²) < 4.78 is 5.63. The lowest BCUT2D eigenvalue weighted by atomic mass is 9.94. The molecule has 0 unspecified atom stereocenters. The smallest absolute Gasteiger partial charge is 0.303 e. The van der Waals surface area contributed by atoms with Gasteiger partial charge in [0, 0.05) is 17.7 Å². The van der Waals surface area contributed by atoms with Gasteiger partial charge in [-0.1, -0.05) is 41.6 Å². The van der Waals surface area contributed by atoms with Crippen molar-refractivity contribution in [3.63, 3.8) is 0 Å². The van der Waals surface area contributed by atoms with Gasteiger partial charge in [0.15, 0.2) is 11.0 Å². The average molecular weight is 417 g/mol. The van der Waals surface area contributed by atoms with Crippen molar-refractivity contribution in [1.82, 2.24) is 15.0 Å². The van der Waals surface area contributed by atoms with Crippen LogP contribution in [0.15, 0.2) is 29.4 Å². The Hall–Kier alpha value is -2.42. The Labute approximate surface area is 170 Å². The monoisotopic (exact) mass is 416 g/mol. The van der Waals surface area contributed by atoms with Gasteiger partial charge in [-0.3, -0.25) is 4.79 Å². The maximum atomic E-state index is 10.7. The summed E-state index contributed by atoms with van der Waals surface area (Å²) in [6.45, 7) is 1.06. The molecule has 0 saturated heterocycles. The second kappa shape index (κ2) is 7.90. The van der Waals surface area contributed by atoms with E-state index >= 15 is 0 Å². The van der Waals surface area contributed by atoms with E-state index in [0.717, 1.165) is 21.9 Å². The molecule has 4 rings (SSSR count). The molecule has 9 heteroatoms. The summed E-state index contributed by atoms with van der Waals surface area (Å²) in [5.74, 6) is 0.263. The zero-order chi connectivity index (χ0) is 19.7. The molecule has 0 fully saturated rings. The SMILES string of the molecule is Nc1nc(SCCCC(=O)O)nc(-c2c(Cl)cc3c4c(cccc24)COC3)n1. The number of carbonyl (C=O) groups is 1. The van der Waals surface area contributed by atoms with Gasteiger partial charge >= 0.3 is 5.97 Å². The third-order valence-corrected chi connectivity index (χ3v) is 5.65. The van der Waals surface area contributed by atoms with Gasteiger partial charge in [0.1, 0.15) is 0 Å². The Bertz CT molecular complexity index is 1080. The number of carboxylic acids is 1. The van der Waals surface area contributed by atoms with Crippen LogP contribution in [0.4, 0.5) is 5.95 Å². The number of aromatic nitrogens is 3. The highest BCUT2D eigenvalue weighted by Crippen LogP contribution is 2.39. The summed E-state index contributed by atoms with van der Waals surface area (Å²) in [5.41, 5.74) is 8.76. The number of rotatable bonds is 6. The van der Waals surface area contributed by atoms with Crippen LogP contribution in [0.1, 0.15) is 24.0 Å². The second-order valence-electron chi connectivity index (χ2n) is 6.37. The second-order valence-corrected chi connectivity index (χ2v) is 7.84. The van der Waals surface area contributed by atoms with Gasteiger partial charge in [0.25, 0.3) is 0 Å². The van der Waals surface area contributed by atoms with E-state index in [2.05, 4.69) is 15.0 Å². The van der Waals surface area contributed by atoms with Crippen LogP contribution in [0.5, 0.6) is 0 Å². The highest BCUT2D eigenvalue weighted by molar-refractivity contribution is 7.99. The van der Waals surface area contributed by atoms with Crippen LogP contribution >= 0.6 is 23.4 Å². The van der Waals surface area contributed by atoms with Crippen molar-refractivity contribution >= 4 is 46.1 Å². The van der Waals surface area contributed by atoms with E-state index in [1.807, 2.05) is 24.3 Å². The molecular weight excluding hydrogens is 400 g/mol. The number of halogens is 1. The first-order chi connectivity index (χ1) is 13.5. The van der Waals surface area contributed by atoms with Crippen molar-refractivity contribution in [2.75, 3.05) is 11.5 Å².